The Morgan fingerprint density at radius 1 is 1.05 bits per heavy atom. The first-order valence-electron chi connectivity index (χ1n) is 11.7. The van der Waals surface area contributed by atoms with Gasteiger partial charge in [0, 0.05) is 10.9 Å². The number of azo groups is 1. The van der Waals surface area contributed by atoms with Crippen LogP contribution in [-0.4, -0.2) is 25.5 Å². The third-order valence-corrected chi connectivity index (χ3v) is 7.48. The summed E-state index contributed by atoms with van der Waals surface area (Å²) in [6.07, 6.45) is 0.493. The number of hydrogen-bond donors (Lipinski definition) is 2. The number of rotatable bonds is 8. The number of fused-ring (bicyclic) bond motifs is 1. The van der Waals surface area contributed by atoms with E-state index < -0.39 is 26.7 Å². The van der Waals surface area contributed by atoms with Crippen LogP contribution in [0, 0.1) is 0 Å². The van der Waals surface area contributed by atoms with Gasteiger partial charge in [-0.05, 0) is 54.6 Å². The van der Waals surface area contributed by atoms with E-state index in [-0.39, 0.29) is 62.2 Å². The zero-order valence-electron chi connectivity index (χ0n) is 21.7. The third-order valence-electron chi connectivity index (χ3n) is 5.74. The second-order valence-electron chi connectivity index (χ2n) is 8.28. The summed E-state index contributed by atoms with van der Waals surface area (Å²) in [6.45, 7) is 3.98. The predicted octanol–water partition coefficient (Wildman–Crippen LogP) is 4.10. The summed E-state index contributed by atoms with van der Waals surface area (Å²) in [4.78, 5) is 12.6. The van der Waals surface area contributed by atoms with E-state index in [1.165, 1.54) is 18.2 Å². The predicted molar refractivity (Wildman–Crippen MR) is 149 cm³/mol. The number of amides is 1. The topological polar surface area (TPSA) is 140 Å². The molecule has 40 heavy (non-hydrogen) atoms. The van der Waals surface area contributed by atoms with Crippen LogP contribution in [-0.2, 0) is 16.5 Å². The molecular formula is C27H22Cl2N3NaO6S. The van der Waals surface area contributed by atoms with Crippen LogP contribution in [0.2, 0.25) is 10.0 Å². The second-order valence-corrected chi connectivity index (χ2v) is 10.4. The van der Waals surface area contributed by atoms with Crippen LogP contribution in [0.4, 0.5) is 17.1 Å². The number of ether oxygens (including phenoxy) is 1. The second kappa shape index (κ2) is 13.3. The van der Waals surface area contributed by atoms with Crippen LogP contribution in [0.25, 0.3) is 10.8 Å². The molecule has 0 aromatic heterocycles. The molecular weight excluding hydrogens is 588 g/mol. The smallest absolute Gasteiger partial charge is 0.870 e. The van der Waals surface area contributed by atoms with Crippen molar-refractivity contribution in [2.75, 3.05) is 11.9 Å². The van der Waals surface area contributed by atoms with Crippen molar-refractivity contribution in [2.45, 2.75) is 25.2 Å². The van der Waals surface area contributed by atoms with Crippen LogP contribution in [0.5, 0.6) is 11.5 Å². The van der Waals surface area contributed by atoms with Gasteiger partial charge in [-0.2, -0.15) is 13.5 Å². The number of benzene rings is 4. The average molecular weight is 610 g/mol. The summed E-state index contributed by atoms with van der Waals surface area (Å²) in [6, 6.07) is 15.8. The van der Waals surface area contributed by atoms with E-state index >= 15 is 0 Å². The first-order valence-corrected chi connectivity index (χ1v) is 13.9. The molecule has 13 heteroatoms. The molecule has 0 saturated heterocycles. The van der Waals surface area contributed by atoms with Gasteiger partial charge in [-0.3, -0.25) is 9.35 Å². The normalized spacial score (nSPS) is 11.4. The van der Waals surface area contributed by atoms with Gasteiger partial charge >= 0.3 is 29.6 Å². The molecule has 0 spiro atoms. The molecule has 4 aromatic carbocycles. The Morgan fingerprint density at radius 3 is 2.45 bits per heavy atom. The summed E-state index contributed by atoms with van der Waals surface area (Å²) in [5.74, 6) is -1.12. The van der Waals surface area contributed by atoms with Gasteiger partial charge in [0.15, 0.2) is 0 Å². The van der Waals surface area contributed by atoms with Crippen molar-refractivity contribution in [2.24, 2.45) is 10.2 Å². The number of carbonyl (C=O) groups is 1. The molecule has 0 unspecified atom stereocenters. The fourth-order valence-electron chi connectivity index (χ4n) is 3.91. The van der Waals surface area contributed by atoms with Crippen molar-refractivity contribution < 1.29 is 57.2 Å². The minimum atomic E-state index is -4.76. The van der Waals surface area contributed by atoms with Crippen LogP contribution < -0.4 is 44.7 Å². The van der Waals surface area contributed by atoms with Crippen molar-refractivity contribution in [1.29, 1.82) is 0 Å². The van der Waals surface area contributed by atoms with E-state index in [0.29, 0.717) is 35.1 Å². The third kappa shape index (κ3) is 6.77. The summed E-state index contributed by atoms with van der Waals surface area (Å²) in [5.41, 5.74) is 0.183. The Hall–Kier alpha value is -2.70. The number of anilines is 1. The van der Waals surface area contributed by atoms with Gasteiger partial charge in [0.05, 0.1) is 23.0 Å². The van der Waals surface area contributed by atoms with E-state index in [2.05, 4.69) is 15.5 Å². The van der Waals surface area contributed by atoms with Crippen LogP contribution in [0.1, 0.15) is 29.8 Å². The Kier molecular flexibility index (Phi) is 10.6. The molecule has 0 fully saturated rings. The molecule has 0 radical (unpaired) electrons. The first-order chi connectivity index (χ1) is 18.5. The standard InChI is InChI=1S/C27H23Cl2N3O6S.Na/c1-3-15-12-19(28)26(39(35,36)37)21(13-15)31-32-24-17-9-6-5-8-16(17)14-18(25(24)33)27(34)30-20-10-7-11-22(23(20)29)38-4-2;/h5-14,33H,3-4H2,1-2H3,(H,30,34)(H,35,36,37);/q;+1/p-1. The van der Waals surface area contributed by atoms with Crippen LogP contribution in [0.15, 0.2) is 75.8 Å². The number of carbonyl (C=O) groups excluding carboxylic acids is 1. The van der Waals surface area contributed by atoms with Gasteiger partial charge in [0.2, 0.25) is 0 Å². The van der Waals surface area contributed by atoms with Gasteiger partial charge in [-0.25, -0.2) is 0 Å². The number of nitrogens with zero attached hydrogens (tertiary/aromatic N) is 2. The number of hydrogen-bond acceptors (Lipinski definition) is 7. The zero-order chi connectivity index (χ0) is 28.3. The molecule has 0 aliphatic heterocycles. The quantitative estimate of drug-likeness (QED) is 0.175. The molecule has 0 saturated carbocycles. The van der Waals surface area contributed by atoms with E-state index in [9.17, 15) is 22.9 Å². The van der Waals surface area contributed by atoms with Crippen LogP contribution >= 0.6 is 23.2 Å². The largest absolute Gasteiger partial charge is 1.00 e. The van der Waals surface area contributed by atoms with E-state index in [0.717, 1.165) is 0 Å². The molecule has 0 aliphatic rings. The van der Waals surface area contributed by atoms with Crippen molar-refractivity contribution in [3.63, 3.8) is 0 Å². The maximum atomic E-state index is 13.5. The molecule has 0 heterocycles. The Labute approximate surface area is 263 Å². The molecule has 4 aromatic rings. The van der Waals surface area contributed by atoms with Gasteiger partial charge in [-0.15, -0.1) is 5.11 Å². The van der Waals surface area contributed by atoms with Gasteiger partial charge in [0.25, 0.3) is 16.0 Å². The Balaban J connectivity index is 0.00000441. The Morgan fingerprint density at radius 2 is 1.77 bits per heavy atom. The first kappa shape index (κ1) is 31.8. The molecule has 202 valence electrons. The van der Waals surface area contributed by atoms with Crippen LogP contribution in [0.3, 0.4) is 0 Å². The fraction of sp³-hybridized carbons (Fsp3) is 0.148. The summed E-state index contributed by atoms with van der Waals surface area (Å²) < 4.78 is 39.2. The maximum Gasteiger partial charge on any atom is 1.00 e. The summed E-state index contributed by atoms with van der Waals surface area (Å²) in [5, 5.41) is 25.0. The molecule has 2 N–H and O–H groups in total. The van der Waals surface area contributed by atoms with E-state index in [1.807, 2.05) is 6.92 Å². The summed E-state index contributed by atoms with van der Waals surface area (Å²) >= 11 is 12.5. The average Bonchev–Trinajstić information content (AvgIpc) is 2.89. The molecule has 4 rings (SSSR count). The maximum absolute atomic E-state index is 13.5. The van der Waals surface area contributed by atoms with E-state index in [1.54, 1.807) is 49.4 Å². The monoisotopic (exact) mass is 609 g/mol. The van der Waals surface area contributed by atoms with E-state index in [4.69, 9.17) is 27.9 Å². The molecule has 1 amide bonds. The fourth-order valence-corrected chi connectivity index (χ4v) is 5.34. The molecule has 0 atom stereocenters. The minimum absolute atomic E-state index is 0. The number of halogens is 2. The number of aryl methyl sites for hydroxylation is 1. The molecule has 0 bridgehead atoms. The van der Waals surface area contributed by atoms with Gasteiger partial charge in [0.1, 0.15) is 21.4 Å². The minimum Gasteiger partial charge on any atom is -0.870 e. The van der Waals surface area contributed by atoms with Crippen molar-refractivity contribution in [3.8, 4) is 11.5 Å². The molecule has 0 aliphatic carbocycles. The van der Waals surface area contributed by atoms with Crippen molar-refractivity contribution in [3.05, 3.63) is 81.8 Å². The summed E-state index contributed by atoms with van der Waals surface area (Å²) in [7, 11) is -4.76. The van der Waals surface area contributed by atoms with Gasteiger partial charge in [-0.1, -0.05) is 66.2 Å². The van der Waals surface area contributed by atoms with Crippen molar-refractivity contribution in [1.82, 2.24) is 0 Å². The van der Waals surface area contributed by atoms with Crippen molar-refractivity contribution >= 4 is 67.1 Å². The zero-order valence-corrected chi connectivity index (χ0v) is 26.1. The number of nitrogens with one attached hydrogen (secondary N) is 1. The Bertz CT molecular complexity index is 1730. The molecule has 9 nitrogen and oxygen atoms in total. The van der Waals surface area contributed by atoms with Gasteiger partial charge < -0.3 is 15.2 Å². The SMILES string of the molecule is CCOc1cccc(NC(=O)c2cc3ccccc3c(N=Nc3cc(CC)cc(Cl)c3S(=O)(=O)O)c2[O-])c1Cl.[Na+].